The number of carboxylic acids is 1. The molecule has 0 aliphatic heterocycles. The van der Waals surface area contributed by atoms with E-state index in [1.807, 2.05) is 13.8 Å². The summed E-state index contributed by atoms with van der Waals surface area (Å²) in [7, 11) is 0. The zero-order valence-corrected chi connectivity index (χ0v) is 7.94. The molecule has 0 aliphatic carbocycles. The van der Waals surface area contributed by atoms with Crippen LogP contribution in [0.3, 0.4) is 0 Å². The summed E-state index contributed by atoms with van der Waals surface area (Å²) in [6, 6.07) is 0. The van der Waals surface area contributed by atoms with Crippen molar-refractivity contribution in [2.75, 3.05) is 0 Å². The van der Waals surface area contributed by atoms with Gasteiger partial charge in [0.1, 0.15) is 12.2 Å². The van der Waals surface area contributed by atoms with E-state index < -0.39 is 11.9 Å². The second-order valence-electron chi connectivity index (χ2n) is 3.35. The summed E-state index contributed by atoms with van der Waals surface area (Å²) in [5, 5.41) is 8.92. The van der Waals surface area contributed by atoms with E-state index >= 15 is 0 Å². The average molecular weight is 183 g/mol. The third-order valence-corrected chi connectivity index (χ3v) is 1.89. The van der Waals surface area contributed by atoms with Crippen LogP contribution >= 0.6 is 0 Å². The summed E-state index contributed by atoms with van der Waals surface area (Å²) in [6.07, 6.45) is 1.41. The number of hydrogen-bond acceptors (Lipinski definition) is 3. The molecule has 4 nitrogen and oxygen atoms in total. The average Bonchev–Trinajstić information content (AvgIpc) is 2.34. The molecular formula is C9H13NO3. The van der Waals surface area contributed by atoms with Gasteiger partial charge in [0.25, 0.3) is 0 Å². The molecule has 4 heteroatoms. The fraction of sp³-hybridized carbons (Fsp3) is 0.556. The van der Waals surface area contributed by atoms with Gasteiger partial charge in [-0.15, -0.1) is 0 Å². The highest BCUT2D eigenvalue weighted by Crippen LogP contribution is 2.23. The Kier molecular flexibility index (Phi) is 2.70. The highest BCUT2D eigenvalue weighted by Gasteiger charge is 2.26. The molecule has 0 saturated carbocycles. The number of carbonyl (C=O) groups is 1. The minimum atomic E-state index is -0.858. The zero-order valence-electron chi connectivity index (χ0n) is 7.94. The van der Waals surface area contributed by atoms with E-state index in [0.717, 1.165) is 0 Å². The predicted octanol–water partition coefficient (Wildman–Crippen LogP) is 1.81. The minimum absolute atomic E-state index is 0.0157. The van der Waals surface area contributed by atoms with E-state index in [2.05, 4.69) is 4.98 Å². The van der Waals surface area contributed by atoms with Gasteiger partial charge in [0, 0.05) is 6.92 Å². The second kappa shape index (κ2) is 3.60. The molecule has 0 bridgehead atoms. The Morgan fingerprint density at radius 3 is 2.54 bits per heavy atom. The van der Waals surface area contributed by atoms with Gasteiger partial charge < -0.3 is 9.52 Å². The summed E-state index contributed by atoms with van der Waals surface area (Å²) in [6.45, 7) is 5.40. The lowest BCUT2D eigenvalue weighted by atomic mass is 9.93. The van der Waals surface area contributed by atoms with E-state index in [-0.39, 0.29) is 5.92 Å². The third kappa shape index (κ3) is 2.08. The molecule has 1 rings (SSSR count). The summed E-state index contributed by atoms with van der Waals surface area (Å²) >= 11 is 0. The summed E-state index contributed by atoms with van der Waals surface area (Å²) in [4.78, 5) is 14.9. The van der Waals surface area contributed by atoms with Crippen molar-refractivity contribution in [2.24, 2.45) is 5.92 Å². The number of aliphatic carboxylic acids is 1. The Bertz CT molecular complexity index is 304. The van der Waals surface area contributed by atoms with Crippen LogP contribution in [0.15, 0.2) is 10.7 Å². The molecule has 0 aromatic carbocycles. The number of carboxylic acid groups (broad SMARTS) is 1. The second-order valence-corrected chi connectivity index (χ2v) is 3.35. The van der Waals surface area contributed by atoms with Crippen LogP contribution in [0.25, 0.3) is 0 Å². The van der Waals surface area contributed by atoms with Crippen LogP contribution in [0.4, 0.5) is 0 Å². The number of aryl methyl sites for hydroxylation is 1. The van der Waals surface area contributed by atoms with Crippen LogP contribution in [-0.2, 0) is 4.79 Å². The van der Waals surface area contributed by atoms with Gasteiger partial charge in [-0.2, -0.15) is 0 Å². The number of oxazole rings is 1. The van der Waals surface area contributed by atoms with E-state index in [1.165, 1.54) is 6.26 Å². The van der Waals surface area contributed by atoms with Crippen molar-refractivity contribution >= 4 is 5.97 Å². The van der Waals surface area contributed by atoms with Crippen LogP contribution in [0, 0.1) is 12.8 Å². The van der Waals surface area contributed by atoms with E-state index in [9.17, 15) is 4.79 Å². The van der Waals surface area contributed by atoms with Crippen molar-refractivity contribution in [3.8, 4) is 0 Å². The molecule has 0 saturated heterocycles. The first-order valence-corrected chi connectivity index (χ1v) is 4.17. The van der Waals surface area contributed by atoms with Crippen molar-refractivity contribution in [2.45, 2.75) is 26.7 Å². The van der Waals surface area contributed by atoms with Gasteiger partial charge in [0.15, 0.2) is 5.89 Å². The Hall–Kier alpha value is -1.32. The van der Waals surface area contributed by atoms with Crippen LogP contribution in [-0.4, -0.2) is 16.1 Å². The maximum atomic E-state index is 10.9. The third-order valence-electron chi connectivity index (χ3n) is 1.89. The first kappa shape index (κ1) is 9.77. The van der Waals surface area contributed by atoms with Gasteiger partial charge in [-0.05, 0) is 5.92 Å². The molecule has 0 aliphatic rings. The fourth-order valence-corrected chi connectivity index (χ4v) is 1.28. The zero-order chi connectivity index (χ0) is 10.0. The molecule has 1 atom stereocenters. The Morgan fingerprint density at radius 2 is 2.23 bits per heavy atom. The Labute approximate surface area is 76.6 Å². The van der Waals surface area contributed by atoms with Gasteiger partial charge >= 0.3 is 5.97 Å². The van der Waals surface area contributed by atoms with Crippen molar-refractivity contribution in [1.29, 1.82) is 0 Å². The highest BCUT2D eigenvalue weighted by molar-refractivity contribution is 5.75. The maximum Gasteiger partial charge on any atom is 0.312 e. The first-order chi connectivity index (χ1) is 6.02. The molecule has 0 spiro atoms. The Balaban J connectivity index is 2.95. The molecule has 1 heterocycles. The highest BCUT2D eigenvalue weighted by atomic mass is 16.4. The summed E-state index contributed by atoms with van der Waals surface area (Å²) < 4.78 is 4.97. The van der Waals surface area contributed by atoms with Gasteiger partial charge in [-0.3, -0.25) is 4.79 Å². The summed E-state index contributed by atoms with van der Waals surface area (Å²) in [5.41, 5.74) is 0.500. The van der Waals surface area contributed by atoms with E-state index in [1.54, 1.807) is 6.92 Å². The molecular weight excluding hydrogens is 170 g/mol. The lowest BCUT2D eigenvalue weighted by molar-refractivity contribution is -0.140. The minimum Gasteiger partial charge on any atom is -0.481 e. The number of nitrogens with zero attached hydrogens (tertiary/aromatic N) is 1. The number of hydrogen-bond donors (Lipinski definition) is 1. The largest absolute Gasteiger partial charge is 0.481 e. The SMILES string of the molecule is Cc1nc(C(C(=O)O)C(C)C)co1. The van der Waals surface area contributed by atoms with Gasteiger partial charge in [-0.1, -0.05) is 13.8 Å². The topological polar surface area (TPSA) is 63.3 Å². The maximum absolute atomic E-state index is 10.9. The number of aromatic nitrogens is 1. The molecule has 1 N–H and O–H groups in total. The van der Waals surface area contributed by atoms with Crippen molar-refractivity contribution in [3.63, 3.8) is 0 Å². The first-order valence-electron chi connectivity index (χ1n) is 4.17. The lowest BCUT2D eigenvalue weighted by Crippen LogP contribution is -2.17. The normalized spacial score (nSPS) is 13.2. The van der Waals surface area contributed by atoms with Gasteiger partial charge in [0.05, 0.1) is 5.69 Å². The quantitative estimate of drug-likeness (QED) is 0.776. The van der Waals surface area contributed by atoms with Gasteiger partial charge in [0.2, 0.25) is 0 Å². The van der Waals surface area contributed by atoms with Crippen molar-refractivity contribution in [3.05, 3.63) is 17.8 Å². The van der Waals surface area contributed by atoms with Crippen LogP contribution in [0.5, 0.6) is 0 Å². The molecule has 1 aromatic rings. The molecule has 13 heavy (non-hydrogen) atoms. The fourth-order valence-electron chi connectivity index (χ4n) is 1.28. The number of rotatable bonds is 3. The summed E-state index contributed by atoms with van der Waals surface area (Å²) in [5.74, 6) is -0.912. The smallest absolute Gasteiger partial charge is 0.312 e. The van der Waals surface area contributed by atoms with Crippen LogP contribution in [0.2, 0.25) is 0 Å². The van der Waals surface area contributed by atoms with Gasteiger partial charge in [-0.25, -0.2) is 4.98 Å². The predicted molar refractivity (Wildman–Crippen MR) is 46.5 cm³/mol. The van der Waals surface area contributed by atoms with Crippen LogP contribution < -0.4 is 0 Å². The van der Waals surface area contributed by atoms with E-state index in [4.69, 9.17) is 9.52 Å². The lowest BCUT2D eigenvalue weighted by Gasteiger charge is -2.12. The molecule has 1 unspecified atom stereocenters. The molecule has 72 valence electrons. The molecule has 0 radical (unpaired) electrons. The molecule has 1 aromatic heterocycles. The Morgan fingerprint density at radius 1 is 1.62 bits per heavy atom. The van der Waals surface area contributed by atoms with Crippen molar-refractivity contribution in [1.82, 2.24) is 4.98 Å². The standard InChI is InChI=1S/C9H13NO3/c1-5(2)8(9(11)12)7-4-13-6(3)10-7/h4-5,8H,1-3H3,(H,11,12). The van der Waals surface area contributed by atoms with Crippen molar-refractivity contribution < 1.29 is 14.3 Å². The monoisotopic (exact) mass is 183 g/mol. The van der Waals surface area contributed by atoms with Crippen LogP contribution in [0.1, 0.15) is 31.4 Å². The molecule has 0 fully saturated rings. The molecule has 0 amide bonds. The van der Waals surface area contributed by atoms with E-state index in [0.29, 0.717) is 11.6 Å².